The van der Waals surface area contributed by atoms with Crippen molar-refractivity contribution in [2.45, 2.75) is 33.1 Å². The summed E-state index contributed by atoms with van der Waals surface area (Å²) in [7, 11) is 0. The molecule has 0 spiro atoms. The molecule has 1 heteroatoms. The van der Waals surface area contributed by atoms with Crippen LogP contribution in [0.15, 0.2) is 18.2 Å². The Kier molecular flexibility index (Phi) is 2.85. The van der Waals surface area contributed by atoms with Gasteiger partial charge in [-0.25, -0.2) is 4.39 Å². The molecule has 0 saturated carbocycles. The second kappa shape index (κ2) is 3.70. The lowest BCUT2D eigenvalue weighted by Crippen LogP contribution is -1.95. The minimum absolute atomic E-state index is 0.129. The van der Waals surface area contributed by atoms with Crippen LogP contribution in [0.4, 0.5) is 4.39 Å². The Morgan fingerprint density at radius 1 is 1.42 bits per heavy atom. The molecule has 1 unspecified atom stereocenters. The van der Waals surface area contributed by atoms with E-state index < -0.39 is 0 Å². The molecule has 66 valence electrons. The Hall–Kier alpha value is -0.850. The average molecular weight is 166 g/mol. The Morgan fingerprint density at radius 2 is 2.08 bits per heavy atom. The van der Waals surface area contributed by atoms with E-state index in [0.29, 0.717) is 5.92 Å². The van der Waals surface area contributed by atoms with Crippen LogP contribution in [0.5, 0.6) is 0 Å². The lowest BCUT2D eigenvalue weighted by Gasteiger charge is -2.11. The maximum absolute atomic E-state index is 12.8. The van der Waals surface area contributed by atoms with Crippen LogP contribution in [-0.2, 0) is 0 Å². The normalized spacial score (nSPS) is 13.0. The molecule has 1 aromatic rings. The van der Waals surface area contributed by atoms with Crippen LogP contribution >= 0.6 is 0 Å². The van der Waals surface area contributed by atoms with Gasteiger partial charge in [-0.15, -0.1) is 0 Å². The first-order chi connectivity index (χ1) is 5.65. The summed E-state index contributed by atoms with van der Waals surface area (Å²) in [4.78, 5) is 0. The predicted octanol–water partition coefficient (Wildman–Crippen LogP) is 3.65. The minimum Gasteiger partial charge on any atom is -0.207 e. The van der Waals surface area contributed by atoms with Gasteiger partial charge < -0.3 is 0 Å². The van der Waals surface area contributed by atoms with Gasteiger partial charge in [0, 0.05) is 0 Å². The predicted molar refractivity (Wildman–Crippen MR) is 49.8 cm³/mol. The highest BCUT2D eigenvalue weighted by Crippen LogP contribution is 2.22. The van der Waals surface area contributed by atoms with Crippen LogP contribution in [0.2, 0.25) is 0 Å². The van der Waals surface area contributed by atoms with E-state index in [-0.39, 0.29) is 5.82 Å². The third-order valence-electron chi connectivity index (χ3n) is 2.38. The van der Waals surface area contributed by atoms with Crippen molar-refractivity contribution in [3.8, 4) is 0 Å². The van der Waals surface area contributed by atoms with E-state index in [1.54, 1.807) is 6.07 Å². The lowest BCUT2D eigenvalue weighted by atomic mass is 9.94. The summed E-state index contributed by atoms with van der Waals surface area (Å²) >= 11 is 0. The molecule has 0 aliphatic rings. The van der Waals surface area contributed by atoms with Crippen LogP contribution in [0.25, 0.3) is 0 Å². The highest BCUT2D eigenvalue weighted by molar-refractivity contribution is 5.29. The van der Waals surface area contributed by atoms with E-state index in [2.05, 4.69) is 13.8 Å². The molecule has 0 bridgehead atoms. The van der Waals surface area contributed by atoms with Crippen molar-refractivity contribution in [1.82, 2.24) is 0 Å². The van der Waals surface area contributed by atoms with Crippen molar-refractivity contribution in [1.29, 1.82) is 0 Å². The van der Waals surface area contributed by atoms with Crippen molar-refractivity contribution < 1.29 is 4.39 Å². The van der Waals surface area contributed by atoms with Crippen LogP contribution < -0.4 is 0 Å². The smallest absolute Gasteiger partial charge is 0.123 e. The first-order valence-electron chi connectivity index (χ1n) is 4.41. The Bertz CT molecular complexity index is 266. The van der Waals surface area contributed by atoms with Crippen LogP contribution in [0, 0.1) is 12.7 Å². The number of rotatable bonds is 2. The first kappa shape index (κ1) is 9.24. The van der Waals surface area contributed by atoms with Gasteiger partial charge in [0.25, 0.3) is 0 Å². The monoisotopic (exact) mass is 166 g/mol. The van der Waals surface area contributed by atoms with Crippen LogP contribution in [0.3, 0.4) is 0 Å². The molecular weight excluding hydrogens is 151 g/mol. The molecule has 0 aliphatic heterocycles. The molecule has 1 atom stereocenters. The zero-order valence-corrected chi connectivity index (χ0v) is 7.89. The Labute approximate surface area is 73.4 Å². The minimum atomic E-state index is -0.129. The lowest BCUT2D eigenvalue weighted by molar-refractivity contribution is 0.618. The fourth-order valence-corrected chi connectivity index (χ4v) is 1.36. The molecular formula is C11H15F. The van der Waals surface area contributed by atoms with E-state index in [1.165, 1.54) is 11.6 Å². The molecule has 0 saturated heterocycles. The number of hydrogen-bond acceptors (Lipinski definition) is 0. The Balaban J connectivity index is 3.04. The van der Waals surface area contributed by atoms with E-state index >= 15 is 0 Å². The molecule has 12 heavy (non-hydrogen) atoms. The topological polar surface area (TPSA) is 0 Å². The largest absolute Gasteiger partial charge is 0.207 e. The number of hydrogen-bond donors (Lipinski definition) is 0. The quantitative estimate of drug-likeness (QED) is 0.629. The highest BCUT2D eigenvalue weighted by atomic mass is 19.1. The van der Waals surface area contributed by atoms with Crippen molar-refractivity contribution in [2.24, 2.45) is 0 Å². The summed E-state index contributed by atoms with van der Waals surface area (Å²) in [5, 5.41) is 0. The SMILES string of the molecule is CCC(C)c1cc(F)ccc1C. The van der Waals surface area contributed by atoms with Gasteiger partial charge in [-0.3, -0.25) is 0 Å². The zero-order valence-electron chi connectivity index (χ0n) is 7.89. The van der Waals surface area contributed by atoms with Gasteiger partial charge in [0.15, 0.2) is 0 Å². The molecule has 1 aromatic carbocycles. The van der Waals surface area contributed by atoms with Crippen LogP contribution in [-0.4, -0.2) is 0 Å². The molecule has 0 amide bonds. The van der Waals surface area contributed by atoms with Gasteiger partial charge in [-0.05, 0) is 42.5 Å². The molecule has 0 radical (unpaired) electrons. The van der Waals surface area contributed by atoms with E-state index in [9.17, 15) is 4.39 Å². The molecule has 0 fully saturated rings. The highest BCUT2D eigenvalue weighted by Gasteiger charge is 2.06. The summed E-state index contributed by atoms with van der Waals surface area (Å²) in [6.07, 6.45) is 1.06. The standard InChI is InChI=1S/C11H15F/c1-4-8(2)11-7-10(12)6-5-9(11)3/h5-8H,4H2,1-3H3. The number of benzene rings is 1. The number of halogens is 1. The summed E-state index contributed by atoms with van der Waals surface area (Å²) in [5.41, 5.74) is 2.32. The van der Waals surface area contributed by atoms with Gasteiger partial charge in [-0.2, -0.15) is 0 Å². The third-order valence-corrected chi connectivity index (χ3v) is 2.38. The second-order valence-electron chi connectivity index (χ2n) is 3.31. The van der Waals surface area contributed by atoms with Crippen molar-refractivity contribution >= 4 is 0 Å². The molecule has 0 aromatic heterocycles. The van der Waals surface area contributed by atoms with Gasteiger partial charge in [0.05, 0.1) is 0 Å². The molecule has 0 N–H and O–H groups in total. The number of aryl methyl sites for hydroxylation is 1. The maximum Gasteiger partial charge on any atom is 0.123 e. The van der Waals surface area contributed by atoms with E-state index in [4.69, 9.17) is 0 Å². The maximum atomic E-state index is 12.8. The molecule has 1 rings (SSSR count). The first-order valence-corrected chi connectivity index (χ1v) is 4.41. The van der Waals surface area contributed by atoms with Gasteiger partial charge in [0.1, 0.15) is 5.82 Å². The van der Waals surface area contributed by atoms with Gasteiger partial charge in [0.2, 0.25) is 0 Å². The fraction of sp³-hybridized carbons (Fsp3) is 0.455. The second-order valence-corrected chi connectivity index (χ2v) is 3.31. The van der Waals surface area contributed by atoms with Gasteiger partial charge >= 0.3 is 0 Å². The molecule has 0 heterocycles. The van der Waals surface area contributed by atoms with Gasteiger partial charge in [-0.1, -0.05) is 19.9 Å². The van der Waals surface area contributed by atoms with E-state index in [1.807, 2.05) is 13.0 Å². The third kappa shape index (κ3) is 1.84. The van der Waals surface area contributed by atoms with Crippen molar-refractivity contribution in [3.63, 3.8) is 0 Å². The molecule has 0 aliphatic carbocycles. The van der Waals surface area contributed by atoms with Crippen molar-refractivity contribution in [2.75, 3.05) is 0 Å². The average Bonchev–Trinajstić information content (AvgIpc) is 2.08. The summed E-state index contributed by atoms with van der Waals surface area (Å²) in [6.45, 7) is 6.28. The zero-order chi connectivity index (χ0) is 9.14. The fourth-order valence-electron chi connectivity index (χ4n) is 1.36. The van der Waals surface area contributed by atoms with Crippen molar-refractivity contribution in [3.05, 3.63) is 35.1 Å². The summed E-state index contributed by atoms with van der Waals surface area (Å²) in [5.74, 6) is 0.330. The summed E-state index contributed by atoms with van der Waals surface area (Å²) < 4.78 is 12.8. The summed E-state index contributed by atoms with van der Waals surface area (Å²) in [6, 6.07) is 5.00. The molecule has 0 nitrogen and oxygen atoms in total. The Morgan fingerprint density at radius 3 is 2.67 bits per heavy atom. The van der Waals surface area contributed by atoms with Crippen LogP contribution in [0.1, 0.15) is 37.3 Å². The van der Waals surface area contributed by atoms with E-state index in [0.717, 1.165) is 12.0 Å².